The summed E-state index contributed by atoms with van der Waals surface area (Å²) in [5.74, 6) is 0.0256. The second-order valence-electron chi connectivity index (χ2n) is 4.43. The maximum absolute atomic E-state index is 12.0. The first kappa shape index (κ1) is 12.6. The summed E-state index contributed by atoms with van der Waals surface area (Å²) in [6.07, 6.45) is 3.32. The molecule has 1 aromatic rings. The molecule has 1 aliphatic heterocycles. The van der Waals surface area contributed by atoms with Gasteiger partial charge in [0, 0.05) is 11.5 Å². The summed E-state index contributed by atoms with van der Waals surface area (Å²) in [6, 6.07) is 4.02. The van der Waals surface area contributed by atoms with E-state index in [-0.39, 0.29) is 18.1 Å². The molecule has 1 aliphatic rings. The van der Waals surface area contributed by atoms with E-state index in [1.54, 1.807) is 11.3 Å². The highest BCUT2D eigenvalue weighted by molar-refractivity contribution is 7.14. The summed E-state index contributed by atoms with van der Waals surface area (Å²) in [5, 5.41) is 3.02. The first-order valence-corrected chi connectivity index (χ1v) is 7.03. The zero-order valence-corrected chi connectivity index (χ0v) is 11.2. The highest BCUT2D eigenvalue weighted by Gasteiger charge is 2.24. The van der Waals surface area contributed by atoms with Crippen molar-refractivity contribution in [3.05, 3.63) is 21.9 Å². The van der Waals surface area contributed by atoms with Crippen molar-refractivity contribution in [3.63, 3.8) is 0 Å². The van der Waals surface area contributed by atoms with E-state index in [1.165, 1.54) is 4.88 Å². The normalized spacial score (nSPS) is 21.4. The van der Waals surface area contributed by atoms with Gasteiger partial charge in [0.25, 0.3) is 5.91 Å². The molecule has 2 atom stereocenters. The van der Waals surface area contributed by atoms with E-state index < -0.39 is 0 Å². The number of hydrogen-bond acceptors (Lipinski definition) is 3. The lowest BCUT2D eigenvalue weighted by Crippen LogP contribution is -2.40. The zero-order valence-electron chi connectivity index (χ0n) is 10.4. The van der Waals surface area contributed by atoms with Crippen LogP contribution in [0.25, 0.3) is 0 Å². The number of rotatable bonds is 4. The van der Waals surface area contributed by atoms with Crippen LogP contribution in [-0.4, -0.2) is 24.7 Å². The Bertz CT molecular complexity index is 383. The molecule has 0 spiro atoms. The molecule has 94 valence electrons. The summed E-state index contributed by atoms with van der Waals surface area (Å²) >= 11 is 1.57. The Kier molecular flexibility index (Phi) is 4.18. The quantitative estimate of drug-likeness (QED) is 0.895. The number of thiophene rings is 1. The minimum atomic E-state index is 0.0256. The largest absolute Gasteiger partial charge is 0.376 e. The Morgan fingerprint density at radius 3 is 3.06 bits per heavy atom. The molecular formula is C13H19NO2S. The molecule has 2 rings (SSSR count). The Balaban J connectivity index is 1.91. The van der Waals surface area contributed by atoms with Gasteiger partial charge in [-0.1, -0.05) is 6.92 Å². The first-order chi connectivity index (χ1) is 8.20. The van der Waals surface area contributed by atoms with Gasteiger partial charge in [0.15, 0.2) is 0 Å². The standard InChI is InChI=1S/C13H19NO2S/c1-3-10-6-7-12(17-10)13(15)14-9(2)11-5-4-8-16-11/h6-7,9,11H,3-5,8H2,1-2H3,(H,14,15). The second-order valence-corrected chi connectivity index (χ2v) is 5.60. The summed E-state index contributed by atoms with van der Waals surface area (Å²) in [6.45, 7) is 4.94. The van der Waals surface area contributed by atoms with Crippen molar-refractivity contribution < 1.29 is 9.53 Å². The fraction of sp³-hybridized carbons (Fsp3) is 0.615. The van der Waals surface area contributed by atoms with Gasteiger partial charge in [-0.3, -0.25) is 4.79 Å². The zero-order chi connectivity index (χ0) is 12.3. The van der Waals surface area contributed by atoms with Gasteiger partial charge in [-0.05, 0) is 38.3 Å². The Hall–Kier alpha value is -0.870. The molecule has 1 amide bonds. The minimum Gasteiger partial charge on any atom is -0.376 e. The molecular weight excluding hydrogens is 234 g/mol. The third kappa shape index (κ3) is 3.07. The van der Waals surface area contributed by atoms with Crippen LogP contribution in [0.4, 0.5) is 0 Å². The maximum Gasteiger partial charge on any atom is 0.261 e. The topological polar surface area (TPSA) is 38.3 Å². The van der Waals surface area contributed by atoms with Crippen molar-refractivity contribution in [2.24, 2.45) is 0 Å². The molecule has 4 heteroatoms. The number of hydrogen-bond donors (Lipinski definition) is 1. The van der Waals surface area contributed by atoms with E-state index in [0.717, 1.165) is 30.7 Å². The van der Waals surface area contributed by atoms with Crippen molar-refractivity contribution in [3.8, 4) is 0 Å². The van der Waals surface area contributed by atoms with Crippen molar-refractivity contribution in [1.29, 1.82) is 0 Å². The lowest BCUT2D eigenvalue weighted by Gasteiger charge is -2.19. The summed E-state index contributed by atoms with van der Waals surface area (Å²) in [5.41, 5.74) is 0. The lowest BCUT2D eigenvalue weighted by atomic mass is 10.1. The number of amides is 1. The van der Waals surface area contributed by atoms with E-state index in [0.29, 0.717) is 0 Å². The van der Waals surface area contributed by atoms with Crippen molar-refractivity contribution in [2.75, 3.05) is 6.61 Å². The molecule has 1 aromatic heterocycles. The fourth-order valence-corrected chi connectivity index (χ4v) is 2.91. The molecule has 1 saturated heterocycles. The third-order valence-electron chi connectivity index (χ3n) is 3.12. The van der Waals surface area contributed by atoms with Crippen LogP contribution >= 0.6 is 11.3 Å². The molecule has 3 nitrogen and oxygen atoms in total. The molecule has 0 aliphatic carbocycles. The van der Waals surface area contributed by atoms with Crippen LogP contribution < -0.4 is 5.32 Å². The number of carbonyl (C=O) groups is 1. The van der Waals surface area contributed by atoms with Gasteiger partial charge in [0.2, 0.25) is 0 Å². The van der Waals surface area contributed by atoms with E-state index >= 15 is 0 Å². The molecule has 17 heavy (non-hydrogen) atoms. The van der Waals surface area contributed by atoms with Crippen LogP contribution in [0.3, 0.4) is 0 Å². The summed E-state index contributed by atoms with van der Waals surface area (Å²) in [7, 11) is 0. The lowest BCUT2D eigenvalue weighted by molar-refractivity contribution is 0.0714. The Morgan fingerprint density at radius 2 is 2.47 bits per heavy atom. The van der Waals surface area contributed by atoms with Crippen LogP contribution in [0.2, 0.25) is 0 Å². The third-order valence-corrected chi connectivity index (χ3v) is 4.34. The SMILES string of the molecule is CCc1ccc(C(=O)NC(C)C2CCCO2)s1. The summed E-state index contributed by atoms with van der Waals surface area (Å²) in [4.78, 5) is 14.0. The Morgan fingerprint density at radius 1 is 1.65 bits per heavy atom. The van der Waals surface area contributed by atoms with Gasteiger partial charge in [-0.25, -0.2) is 0 Å². The van der Waals surface area contributed by atoms with Gasteiger partial charge in [-0.15, -0.1) is 11.3 Å². The molecule has 2 unspecified atom stereocenters. The molecule has 1 fully saturated rings. The van der Waals surface area contributed by atoms with Gasteiger partial charge < -0.3 is 10.1 Å². The van der Waals surface area contributed by atoms with Crippen molar-refractivity contribution >= 4 is 17.2 Å². The predicted molar refractivity (Wildman–Crippen MR) is 69.6 cm³/mol. The van der Waals surface area contributed by atoms with Gasteiger partial charge in [0.05, 0.1) is 17.0 Å². The van der Waals surface area contributed by atoms with Gasteiger partial charge in [0.1, 0.15) is 0 Å². The second kappa shape index (κ2) is 5.65. The van der Waals surface area contributed by atoms with Crippen LogP contribution in [0.15, 0.2) is 12.1 Å². The maximum atomic E-state index is 12.0. The van der Waals surface area contributed by atoms with Crippen molar-refractivity contribution in [2.45, 2.75) is 45.3 Å². The van der Waals surface area contributed by atoms with E-state index in [9.17, 15) is 4.79 Å². The monoisotopic (exact) mass is 253 g/mol. The van der Waals surface area contributed by atoms with E-state index in [4.69, 9.17) is 4.74 Å². The van der Waals surface area contributed by atoms with Crippen molar-refractivity contribution in [1.82, 2.24) is 5.32 Å². The van der Waals surface area contributed by atoms with Crippen LogP contribution in [0.1, 0.15) is 41.2 Å². The molecule has 0 aromatic carbocycles. The van der Waals surface area contributed by atoms with E-state index in [1.807, 2.05) is 19.1 Å². The first-order valence-electron chi connectivity index (χ1n) is 6.22. The highest BCUT2D eigenvalue weighted by Crippen LogP contribution is 2.19. The predicted octanol–water partition coefficient (Wildman–Crippen LogP) is 2.61. The van der Waals surface area contributed by atoms with Gasteiger partial charge >= 0.3 is 0 Å². The molecule has 1 N–H and O–H groups in total. The van der Waals surface area contributed by atoms with Crippen LogP contribution in [-0.2, 0) is 11.2 Å². The number of carbonyl (C=O) groups excluding carboxylic acids is 1. The van der Waals surface area contributed by atoms with Crippen LogP contribution in [0, 0.1) is 0 Å². The van der Waals surface area contributed by atoms with Gasteiger partial charge in [-0.2, -0.15) is 0 Å². The number of ether oxygens (including phenoxy) is 1. The highest BCUT2D eigenvalue weighted by atomic mass is 32.1. The molecule has 2 heterocycles. The van der Waals surface area contributed by atoms with Crippen LogP contribution in [0.5, 0.6) is 0 Å². The minimum absolute atomic E-state index is 0.0256. The molecule has 0 bridgehead atoms. The van der Waals surface area contributed by atoms with E-state index in [2.05, 4.69) is 12.2 Å². The number of nitrogens with one attached hydrogen (secondary N) is 1. The molecule has 0 radical (unpaired) electrons. The summed E-state index contributed by atoms with van der Waals surface area (Å²) < 4.78 is 5.57. The molecule has 0 saturated carbocycles. The average molecular weight is 253 g/mol. The Labute approximate surface area is 106 Å². The smallest absolute Gasteiger partial charge is 0.261 e. The average Bonchev–Trinajstić information content (AvgIpc) is 3.00. The number of aryl methyl sites for hydroxylation is 1. The fourth-order valence-electron chi connectivity index (χ4n) is 2.06.